The standard InChI is InChI=1S/C32H34FN3O6/c1-20-25(24-8-7-22(33)17-26(24)27(20)19-34-30(37)18-23-6-5-13-41-23)14-21-15-28(39-3)31(29(16-21)40-4)42-32(38)36-11-9-35(2)10-12-36/h5-8,13-17H,9-12,18-19H2,1-4H3,(H,34,37). The molecule has 2 aromatic carbocycles. The van der Waals surface area contributed by atoms with Gasteiger partial charge in [0.15, 0.2) is 11.5 Å². The number of carbonyl (C=O) groups is 2. The van der Waals surface area contributed by atoms with Crippen molar-refractivity contribution < 1.29 is 32.6 Å². The number of furan rings is 1. The minimum absolute atomic E-state index is 0.114. The third kappa shape index (κ3) is 6.18. The van der Waals surface area contributed by atoms with Gasteiger partial charge in [-0.15, -0.1) is 0 Å². The number of carbonyl (C=O) groups excluding carboxylic acids is 2. The number of ether oxygens (including phenoxy) is 3. The maximum atomic E-state index is 14.3. The topological polar surface area (TPSA) is 93.5 Å². The van der Waals surface area contributed by atoms with Gasteiger partial charge in [0, 0.05) is 32.7 Å². The van der Waals surface area contributed by atoms with Crippen LogP contribution in [0.4, 0.5) is 9.18 Å². The van der Waals surface area contributed by atoms with Crippen LogP contribution in [0.15, 0.2) is 58.7 Å². The summed E-state index contributed by atoms with van der Waals surface area (Å²) in [6.07, 6.45) is 3.12. The van der Waals surface area contributed by atoms with E-state index in [1.165, 1.54) is 32.6 Å². The van der Waals surface area contributed by atoms with E-state index in [-0.39, 0.29) is 30.4 Å². The van der Waals surface area contributed by atoms with Gasteiger partial charge in [-0.25, -0.2) is 9.18 Å². The minimum atomic E-state index is -0.463. The molecule has 10 heteroatoms. The number of methoxy groups -OCH3 is 2. The molecule has 5 rings (SSSR count). The molecule has 0 saturated carbocycles. The van der Waals surface area contributed by atoms with Crippen LogP contribution in [0.2, 0.25) is 0 Å². The van der Waals surface area contributed by atoms with Crippen molar-refractivity contribution in [2.24, 2.45) is 0 Å². The molecule has 42 heavy (non-hydrogen) atoms. The largest absolute Gasteiger partial charge is 0.493 e. The van der Waals surface area contributed by atoms with Gasteiger partial charge in [-0.2, -0.15) is 0 Å². The van der Waals surface area contributed by atoms with Gasteiger partial charge in [0.2, 0.25) is 11.7 Å². The number of hydrogen-bond donors (Lipinski definition) is 1. The molecule has 0 radical (unpaired) electrons. The monoisotopic (exact) mass is 575 g/mol. The van der Waals surface area contributed by atoms with Crippen LogP contribution in [0, 0.1) is 5.82 Å². The highest BCUT2D eigenvalue weighted by Crippen LogP contribution is 2.44. The van der Waals surface area contributed by atoms with Gasteiger partial charge in [-0.05, 0) is 89.9 Å². The normalized spacial score (nSPS) is 16.0. The molecule has 2 aliphatic rings. The predicted octanol–water partition coefficient (Wildman–Crippen LogP) is 4.87. The average Bonchev–Trinajstić information content (AvgIpc) is 3.58. The zero-order valence-electron chi connectivity index (χ0n) is 24.2. The summed E-state index contributed by atoms with van der Waals surface area (Å²) in [6.45, 7) is 4.85. The molecule has 2 heterocycles. The van der Waals surface area contributed by atoms with Crippen LogP contribution in [-0.4, -0.2) is 75.8 Å². The van der Waals surface area contributed by atoms with Crippen molar-refractivity contribution in [3.8, 4) is 17.2 Å². The second-order valence-corrected chi connectivity index (χ2v) is 10.3. The molecule has 1 saturated heterocycles. The molecule has 1 N–H and O–H groups in total. The number of allylic oxidation sites excluding steroid dienone is 2. The lowest BCUT2D eigenvalue weighted by Crippen LogP contribution is -2.48. The molecule has 1 aromatic heterocycles. The SMILES string of the molecule is COc1cc(C=C2C(C)=C(CNC(=O)Cc3ccco3)c3cc(F)ccc32)cc(OC)c1OC(=O)N1CCN(C)CC1. The molecule has 220 valence electrons. The first-order valence-corrected chi connectivity index (χ1v) is 13.7. The Labute approximate surface area is 244 Å². The van der Waals surface area contributed by atoms with E-state index in [0.29, 0.717) is 35.9 Å². The zero-order chi connectivity index (χ0) is 29.8. The lowest BCUT2D eigenvalue weighted by atomic mass is 10.00. The molecule has 1 fully saturated rings. The van der Waals surface area contributed by atoms with Crippen molar-refractivity contribution in [1.82, 2.24) is 15.1 Å². The first-order valence-electron chi connectivity index (χ1n) is 13.7. The number of piperazine rings is 1. The molecule has 1 aliphatic heterocycles. The van der Waals surface area contributed by atoms with Crippen LogP contribution in [0.3, 0.4) is 0 Å². The fourth-order valence-corrected chi connectivity index (χ4v) is 5.19. The zero-order valence-corrected chi connectivity index (χ0v) is 24.2. The van der Waals surface area contributed by atoms with E-state index in [1.54, 1.807) is 35.2 Å². The minimum Gasteiger partial charge on any atom is -0.493 e. The fraction of sp³-hybridized carbons (Fsp3) is 0.312. The smallest absolute Gasteiger partial charge is 0.415 e. The maximum absolute atomic E-state index is 14.3. The third-order valence-corrected chi connectivity index (χ3v) is 7.58. The van der Waals surface area contributed by atoms with E-state index < -0.39 is 6.09 Å². The predicted molar refractivity (Wildman–Crippen MR) is 157 cm³/mol. The number of nitrogens with one attached hydrogen (secondary N) is 1. The summed E-state index contributed by atoms with van der Waals surface area (Å²) in [5.74, 6) is 0.888. The maximum Gasteiger partial charge on any atom is 0.415 e. The second-order valence-electron chi connectivity index (χ2n) is 10.3. The van der Waals surface area contributed by atoms with Gasteiger partial charge in [-0.3, -0.25) is 4.79 Å². The Balaban J connectivity index is 1.43. The number of nitrogens with zero attached hydrogens (tertiary/aromatic N) is 2. The van der Waals surface area contributed by atoms with Crippen molar-refractivity contribution in [1.29, 1.82) is 0 Å². The van der Waals surface area contributed by atoms with Crippen molar-refractivity contribution in [2.75, 3.05) is 54.0 Å². The van der Waals surface area contributed by atoms with E-state index in [0.717, 1.165) is 40.9 Å². The second kappa shape index (κ2) is 12.5. The lowest BCUT2D eigenvalue weighted by Gasteiger charge is -2.31. The Morgan fingerprint density at radius 3 is 2.38 bits per heavy atom. The molecule has 3 aromatic rings. The summed E-state index contributed by atoms with van der Waals surface area (Å²) >= 11 is 0. The number of hydrogen-bond acceptors (Lipinski definition) is 7. The summed E-state index contributed by atoms with van der Waals surface area (Å²) in [5.41, 5.74) is 4.88. The molecule has 1 aliphatic carbocycles. The number of fused-ring (bicyclic) bond motifs is 1. The molecular weight excluding hydrogens is 541 g/mol. The summed E-state index contributed by atoms with van der Waals surface area (Å²) in [6, 6.07) is 11.6. The van der Waals surface area contributed by atoms with Gasteiger partial charge in [0.1, 0.15) is 11.6 Å². The van der Waals surface area contributed by atoms with E-state index in [1.807, 2.05) is 20.0 Å². The number of likely N-dealkylation sites (N-methyl/N-ethyl adjacent to an activating group) is 1. The first-order chi connectivity index (χ1) is 20.3. The van der Waals surface area contributed by atoms with Crippen LogP contribution < -0.4 is 19.5 Å². The van der Waals surface area contributed by atoms with Crippen LogP contribution in [0.5, 0.6) is 17.2 Å². The van der Waals surface area contributed by atoms with E-state index in [4.69, 9.17) is 18.6 Å². The summed E-state index contributed by atoms with van der Waals surface area (Å²) in [5, 5.41) is 2.93. The molecule has 9 nitrogen and oxygen atoms in total. The van der Waals surface area contributed by atoms with Gasteiger partial charge in [0.05, 0.1) is 26.9 Å². The molecular formula is C32H34FN3O6. The summed E-state index contributed by atoms with van der Waals surface area (Å²) in [7, 11) is 5.02. The van der Waals surface area contributed by atoms with Crippen LogP contribution in [-0.2, 0) is 11.2 Å². The lowest BCUT2D eigenvalue weighted by molar-refractivity contribution is -0.120. The van der Waals surface area contributed by atoms with E-state index in [9.17, 15) is 14.0 Å². The Morgan fingerprint density at radius 2 is 1.74 bits per heavy atom. The number of amides is 2. The van der Waals surface area contributed by atoms with E-state index >= 15 is 0 Å². The van der Waals surface area contributed by atoms with Crippen molar-refractivity contribution in [3.63, 3.8) is 0 Å². The van der Waals surface area contributed by atoms with Gasteiger partial charge >= 0.3 is 6.09 Å². The summed E-state index contributed by atoms with van der Waals surface area (Å²) < 4.78 is 36.6. The Morgan fingerprint density at radius 1 is 1.02 bits per heavy atom. The Kier molecular flexibility index (Phi) is 8.63. The highest BCUT2D eigenvalue weighted by Gasteiger charge is 2.27. The average molecular weight is 576 g/mol. The van der Waals surface area contributed by atoms with Crippen molar-refractivity contribution >= 4 is 29.2 Å². The van der Waals surface area contributed by atoms with Crippen LogP contribution in [0.1, 0.15) is 29.4 Å². The van der Waals surface area contributed by atoms with Crippen molar-refractivity contribution in [2.45, 2.75) is 13.3 Å². The number of halogens is 1. The molecule has 2 amide bonds. The summed E-state index contributed by atoms with van der Waals surface area (Å²) in [4.78, 5) is 29.3. The van der Waals surface area contributed by atoms with Crippen LogP contribution in [0.25, 0.3) is 17.2 Å². The Bertz CT molecular complexity index is 1510. The molecule has 0 bridgehead atoms. The van der Waals surface area contributed by atoms with Gasteiger partial charge in [-0.1, -0.05) is 6.07 Å². The number of benzene rings is 2. The highest BCUT2D eigenvalue weighted by molar-refractivity contribution is 6.06. The molecule has 0 atom stereocenters. The van der Waals surface area contributed by atoms with Crippen molar-refractivity contribution in [3.05, 3.63) is 82.6 Å². The highest BCUT2D eigenvalue weighted by atomic mass is 19.1. The third-order valence-electron chi connectivity index (χ3n) is 7.58. The number of rotatable bonds is 8. The Hall–Kier alpha value is -4.57. The quantitative estimate of drug-likeness (QED) is 0.410. The molecule has 0 unspecified atom stereocenters. The van der Waals surface area contributed by atoms with Gasteiger partial charge in [0.25, 0.3) is 0 Å². The van der Waals surface area contributed by atoms with E-state index in [2.05, 4.69) is 10.2 Å². The first kappa shape index (κ1) is 28.9. The molecule has 0 spiro atoms. The fourth-order valence-electron chi connectivity index (χ4n) is 5.19. The van der Waals surface area contributed by atoms with Crippen LogP contribution >= 0.6 is 0 Å². The van der Waals surface area contributed by atoms with Gasteiger partial charge < -0.3 is 33.7 Å².